The van der Waals surface area contributed by atoms with Crippen molar-refractivity contribution in [1.29, 1.82) is 0 Å². The van der Waals surface area contributed by atoms with Crippen LogP contribution in [0.4, 0.5) is 18.9 Å². The van der Waals surface area contributed by atoms with Gasteiger partial charge in [-0.2, -0.15) is 13.2 Å². The molecule has 1 aromatic rings. The third kappa shape index (κ3) is 4.85. The molecule has 1 unspecified atom stereocenters. The minimum Gasteiger partial charge on any atom is -0.326 e. The van der Waals surface area contributed by atoms with Crippen LogP contribution < -0.4 is 10.6 Å². The second kappa shape index (κ2) is 7.52. The third-order valence-electron chi connectivity index (χ3n) is 2.98. The summed E-state index contributed by atoms with van der Waals surface area (Å²) in [5, 5.41) is 4.64. The van der Waals surface area contributed by atoms with Crippen LogP contribution in [0.15, 0.2) is 41.9 Å². The molecule has 0 bridgehead atoms. The molecule has 1 atom stereocenters. The molecule has 24 heavy (non-hydrogen) atoms. The second-order valence-corrected chi connectivity index (χ2v) is 6.05. The predicted octanol–water partition coefficient (Wildman–Crippen LogP) is 2.81. The maximum absolute atomic E-state index is 12.6. The van der Waals surface area contributed by atoms with E-state index in [1.54, 1.807) is 6.08 Å². The molecule has 0 spiro atoms. The summed E-state index contributed by atoms with van der Waals surface area (Å²) in [6, 6.07) is 4.32. The van der Waals surface area contributed by atoms with E-state index in [0.717, 1.165) is 23.9 Å². The highest BCUT2D eigenvalue weighted by Gasteiger charge is 2.33. The molecule has 1 aromatic carbocycles. The molecule has 0 saturated carbocycles. The number of carbonyl (C=O) groups excluding carboxylic acids is 2. The van der Waals surface area contributed by atoms with Crippen LogP contribution in [0.25, 0.3) is 0 Å². The number of hydrogen-bond acceptors (Lipinski definition) is 4. The predicted molar refractivity (Wildman–Crippen MR) is 86.7 cm³/mol. The third-order valence-corrected chi connectivity index (χ3v) is 4.10. The Balaban J connectivity index is 1.97. The van der Waals surface area contributed by atoms with Gasteiger partial charge < -0.3 is 10.6 Å². The van der Waals surface area contributed by atoms with Crippen LogP contribution in [0.2, 0.25) is 0 Å². The molecule has 0 aromatic heterocycles. The monoisotopic (exact) mass is 357 g/mol. The summed E-state index contributed by atoms with van der Waals surface area (Å²) in [6.45, 7) is 3.85. The minimum atomic E-state index is -4.49. The van der Waals surface area contributed by atoms with Crippen molar-refractivity contribution in [3.63, 3.8) is 0 Å². The fraction of sp³-hybridized carbons (Fsp3) is 0.267. The average Bonchev–Trinajstić information content (AvgIpc) is 2.84. The number of amidine groups is 1. The highest BCUT2D eigenvalue weighted by atomic mass is 32.2. The molecule has 2 N–H and O–H groups in total. The number of alkyl halides is 3. The van der Waals surface area contributed by atoms with Crippen LogP contribution in [-0.4, -0.2) is 28.8 Å². The molecule has 2 amide bonds. The maximum Gasteiger partial charge on any atom is 0.416 e. The van der Waals surface area contributed by atoms with Gasteiger partial charge in [0.25, 0.3) is 0 Å². The van der Waals surface area contributed by atoms with Gasteiger partial charge in [0.15, 0.2) is 5.17 Å². The number of carbonyl (C=O) groups is 2. The van der Waals surface area contributed by atoms with Crippen LogP contribution in [0.5, 0.6) is 0 Å². The van der Waals surface area contributed by atoms with Crippen molar-refractivity contribution in [1.82, 2.24) is 5.32 Å². The Morgan fingerprint density at radius 3 is 2.88 bits per heavy atom. The van der Waals surface area contributed by atoms with E-state index in [2.05, 4.69) is 22.2 Å². The Hall–Kier alpha value is -2.29. The van der Waals surface area contributed by atoms with Crippen LogP contribution in [-0.2, 0) is 15.8 Å². The summed E-state index contributed by atoms with van der Waals surface area (Å²) in [4.78, 5) is 27.8. The summed E-state index contributed by atoms with van der Waals surface area (Å²) in [5.41, 5.74) is -0.828. The number of anilines is 1. The molecular formula is C15H14F3N3O2S. The Kier molecular flexibility index (Phi) is 5.66. The number of nitrogens with one attached hydrogen (secondary N) is 2. The topological polar surface area (TPSA) is 70.6 Å². The molecule has 1 aliphatic heterocycles. The lowest BCUT2D eigenvalue weighted by Gasteiger charge is -2.10. The van der Waals surface area contributed by atoms with Crippen LogP contribution in [0.1, 0.15) is 12.0 Å². The van der Waals surface area contributed by atoms with Gasteiger partial charge in [-0.15, -0.1) is 6.58 Å². The van der Waals surface area contributed by atoms with E-state index in [-0.39, 0.29) is 18.0 Å². The number of rotatable bonds is 5. The van der Waals surface area contributed by atoms with Gasteiger partial charge >= 0.3 is 6.18 Å². The lowest BCUT2D eigenvalue weighted by atomic mass is 10.2. The van der Waals surface area contributed by atoms with Gasteiger partial charge in [-0.3, -0.25) is 14.6 Å². The van der Waals surface area contributed by atoms with Gasteiger partial charge in [0, 0.05) is 12.1 Å². The van der Waals surface area contributed by atoms with Gasteiger partial charge in [0.1, 0.15) is 5.25 Å². The zero-order valence-electron chi connectivity index (χ0n) is 12.4. The normalized spacial score (nSPS) is 19.2. The molecule has 1 saturated heterocycles. The van der Waals surface area contributed by atoms with Crippen molar-refractivity contribution in [3.8, 4) is 0 Å². The summed E-state index contributed by atoms with van der Waals surface area (Å²) in [7, 11) is 0. The van der Waals surface area contributed by atoms with Crippen molar-refractivity contribution >= 4 is 34.4 Å². The number of nitrogens with zero attached hydrogens (tertiary/aromatic N) is 1. The Morgan fingerprint density at radius 2 is 2.21 bits per heavy atom. The Bertz CT molecular complexity index is 689. The van der Waals surface area contributed by atoms with E-state index in [1.165, 1.54) is 12.1 Å². The first-order chi connectivity index (χ1) is 11.3. The summed E-state index contributed by atoms with van der Waals surface area (Å²) in [6.07, 6.45) is -3.09. The van der Waals surface area contributed by atoms with Gasteiger partial charge in [0.2, 0.25) is 11.8 Å². The first kappa shape index (κ1) is 18.1. The average molecular weight is 357 g/mol. The van der Waals surface area contributed by atoms with Gasteiger partial charge in [-0.05, 0) is 18.2 Å². The van der Waals surface area contributed by atoms with E-state index < -0.39 is 22.9 Å². The largest absolute Gasteiger partial charge is 0.416 e. The second-order valence-electron chi connectivity index (χ2n) is 4.86. The Labute approximate surface area is 140 Å². The molecular weight excluding hydrogens is 343 g/mol. The molecule has 1 heterocycles. The van der Waals surface area contributed by atoms with Gasteiger partial charge in [-0.25, -0.2) is 0 Å². The van der Waals surface area contributed by atoms with Gasteiger partial charge in [-0.1, -0.05) is 23.9 Å². The van der Waals surface area contributed by atoms with Crippen molar-refractivity contribution in [2.45, 2.75) is 17.8 Å². The Morgan fingerprint density at radius 1 is 1.46 bits per heavy atom. The molecule has 2 rings (SSSR count). The smallest absolute Gasteiger partial charge is 0.326 e. The van der Waals surface area contributed by atoms with Crippen molar-refractivity contribution in [2.75, 3.05) is 11.9 Å². The molecule has 9 heteroatoms. The van der Waals surface area contributed by atoms with Crippen molar-refractivity contribution < 1.29 is 22.8 Å². The van der Waals surface area contributed by atoms with Crippen molar-refractivity contribution in [2.24, 2.45) is 4.99 Å². The first-order valence-electron chi connectivity index (χ1n) is 6.89. The SMILES string of the molecule is C=CCN=C1NC(=O)C(CC(=O)Nc2cccc(C(F)(F)F)c2)S1. The highest BCUT2D eigenvalue weighted by Crippen LogP contribution is 2.31. The van der Waals surface area contributed by atoms with E-state index in [0.29, 0.717) is 11.7 Å². The molecule has 1 fully saturated rings. The van der Waals surface area contributed by atoms with Crippen molar-refractivity contribution in [3.05, 3.63) is 42.5 Å². The highest BCUT2D eigenvalue weighted by molar-refractivity contribution is 8.15. The van der Waals surface area contributed by atoms with E-state index in [9.17, 15) is 22.8 Å². The standard InChI is InChI=1S/C15H14F3N3O2S/c1-2-6-19-14-21-13(23)11(24-14)8-12(22)20-10-5-3-4-9(7-10)15(16,17)18/h2-5,7,11H,1,6,8H2,(H,20,22)(H,19,21,23). The summed E-state index contributed by atoms with van der Waals surface area (Å²) >= 11 is 1.11. The zero-order chi connectivity index (χ0) is 17.7. The number of amides is 2. The number of benzene rings is 1. The number of hydrogen-bond donors (Lipinski definition) is 2. The fourth-order valence-corrected chi connectivity index (χ4v) is 2.89. The van der Waals surface area contributed by atoms with E-state index >= 15 is 0 Å². The van der Waals surface area contributed by atoms with Crippen LogP contribution in [0.3, 0.4) is 0 Å². The number of aliphatic imine (C=N–C) groups is 1. The molecule has 1 aliphatic rings. The minimum absolute atomic E-state index is 0.0266. The summed E-state index contributed by atoms with van der Waals surface area (Å²) in [5.74, 6) is -0.908. The van der Waals surface area contributed by atoms with Crippen LogP contribution >= 0.6 is 11.8 Å². The molecule has 128 valence electrons. The zero-order valence-corrected chi connectivity index (χ0v) is 13.2. The lowest BCUT2D eigenvalue weighted by Crippen LogP contribution is -2.28. The molecule has 5 nitrogen and oxygen atoms in total. The fourth-order valence-electron chi connectivity index (χ4n) is 1.92. The van der Waals surface area contributed by atoms with Crippen LogP contribution in [0, 0.1) is 0 Å². The number of thioether (sulfide) groups is 1. The summed E-state index contributed by atoms with van der Waals surface area (Å²) < 4.78 is 37.9. The van der Waals surface area contributed by atoms with E-state index in [1.807, 2.05) is 0 Å². The first-order valence-corrected chi connectivity index (χ1v) is 7.77. The quantitative estimate of drug-likeness (QED) is 0.796. The maximum atomic E-state index is 12.6. The molecule has 0 radical (unpaired) electrons. The van der Waals surface area contributed by atoms with Gasteiger partial charge in [0.05, 0.1) is 12.1 Å². The number of halogens is 3. The van der Waals surface area contributed by atoms with E-state index in [4.69, 9.17) is 0 Å². The lowest BCUT2D eigenvalue weighted by molar-refractivity contribution is -0.137. The molecule has 0 aliphatic carbocycles.